The first kappa shape index (κ1) is 29.6. The minimum Gasteiger partial charge on any atom is -0.462 e. The van der Waals surface area contributed by atoms with Crippen molar-refractivity contribution >= 4 is 5.97 Å². The molecule has 0 bridgehead atoms. The van der Waals surface area contributed by atoms with Gasteiger partial charge in [-0.3, -0.25) is 0 Å². The van der Waals surface area contributed by atoms with E-state index in [0.717, 1.165) is 0 Å². The molecule has 0 atom stereocenters. The molecule has 0 fully saturated rings. The average Bonchev–Trinajstić information content (AvgIpc) is 2.68. The van der Waals surface area contributed by atoms with Crippen molar-refractivity contribution in [2.24, 2.45) is 5.92 Å². The number of aliphatic hydroxyl groups excluding tert-OH is 2. The molecule has 0 aliphatic carbocycles. The maximum absolute atomic E-state index is 13.8. The zero-order chi connectivity index (χ0) is 24.5. The number of hydrogen-bond acceptors (Lipinski definition) is 4. The third kappa shape index (κ3) is 7.58. The van der Waals surface area contributed by atoms with E-state index in [1.165, 1.54) is 0 Å². The first-order valence-electron chi connectivity index (χ1n) is 9.69. The Morgan fingerprint density at radius 1 is 0.871 bits per heavy atom. The predicted molar refractivity (Wildman–Crippen MR) is 95.5 cm³/mol. The fraction of sp³-hybridized carbons (Fsp3) is 0.842. The molecule has 0 amide bonds. The fourth-order valence-corrected chi connectivity index (χ4v) is 2.55. The van der Waals surface area contributed by atoms with E-state index < -0.39 is 81.1 Å². The lowest BCUT2D eigenvalue weighted by molar-refractivity contribution is -0.368. The Labute approximate surface area is 175 Å². The van der Waals surface area contributed by atoms with E-state index >= 15 is 0 Å². The van der Waals surface area contributed by atoms with Crippen molar-refractivity contribution in [3.05, 3.63) is 12.2 Å². The van der Waals surface area contributed by atoms with Crippen molar-refractivity contribution < 1.29 is 54.9 Å². The topological polar surface area (TPSA) is 66.8 Å². The Balaban J connectivity index is 4.91. The summed E-state index contributed by atoms with van der Waals surface area (Å²) in [5.74, 6) is -25.3. The van der Waals surface area contributed by atoms with E-state index in [-0.39, 0.29) is 18.4 Å². The predicted octanol–water partition coefficient (Wildman–Crippen LogP) is 4.98. The highest BCUT2D eigenvalue weighted by Gasteiger charge is 2.79. The van der Waals surface area contributed by atoms with Crippen molar-refractivity contribution in [1.82, 2.24) is 0 Å². The monoisotopic (exact) mass is 472 g/mol. The quantitative estimate of drug-likeness (QED) is 0.144. The molecule has 0 rings (SSSR count). The van der Waals surface area contributed by atoms with Crippen molar-refractivity contribution in [2.45, 2.75) is 75.6 Å². The number of carbonyl (C=O) groups excluding carboxylic acids is 1. The van der Waals surface area contributed by atoms with Gasteiger partial charge < -0.3 is 14.9 Å². The molecule has 0 heterocycles. The number of halogens is 8. The highest BCUT2D eigenvalue weighted by Crippen LogP contribution is 2.55. The highest BCUT2D eigenvalue weighted by molar-refractivity contribution is 5.87. The molecule has 0 spiro atoms. The minimum absolute atomic E-state index is 0.0433. The molecule has 31 heavy (non-hydrogen) atoms. The Bertz CT molecular complexity index is 577. The average molecular weight is 472 g/mol. The number of hydrogen-bond donors (Lipinski definition) is 2. The number of unbranched alkanes of at least 4 members (excludes halogenated alkanes) is 2. The molecule has 184 valence electrons. The van der Waals surface area contributed by atoms with Gasteiger partial charge in [0.2, 0.25) is 0 Å². The van der Waals surface area contributed by atoms with Gasteiger partial charge in [-0.1, -0.05) is 26.3 Å². The first-order valence-corrected chi connectivity index (χ1v) is 9.69. The van der Waals surface area contributed by atoms with Crippen LogP contribution in [0.5, 0.6) is 0 Å². The van der Waals surface area contributed by atoms with E-state index in [0.29, 0.717) is 6.42 Å². The second kappa shape index (κ2) is 12.0. The van der Waals surface area contributed by atoms with Crippen LogP contribution in [-0.4, -0.2) is 59.7 Å². The lowest BCUT2D eigenvalue weighted by Crippen LogP contribution is -2.62. The Kier molecular flexibility index (Phi) is 11.4. The number of carbonyl (C=O) groups is 1. The molecule has 4 nitrogen and oxygen atoms in total. The van der Waals surface area contributed by atoms with E-state index in [2.05, 4.69) is 11.3 Å². The summed E-state index contributed by atoms with van der Waals surface area (Å²) in [5, 5.41) is 17.8. The van der Waals surface area contributed by atoms with Gasteiger partial charge in [0, 0.05) is 37.5 Å². The van der Waals surface area contributed by atoms with Gasteiger partial charge in [0.25, 0.3) is 0 Å². The third-order valence-electron chi connectivity index (χ3n) is 4.62. The van der Waals surface area contributed by atoms with E-state index in [1.54, 1.807) is 6.92 Å². The Morgan fingerprint density at radius 2 is 1.32 bits per heavy atom. The van der Waals surface area contributed by atoms with Gasteiger partial charge in [-0.05, 0) is 19.3 Å². The van der Waals surface area contributed by atoms with Crippen LogP contribution in [0.1, 0.15) is 51.9 Å². The number of ether oxygens (including phenoxy) is 1. The summed E-state index contributed by atoms with van der Waals surface area (Å²) in [6.45, 7) is 3.00. The SMILES string of the molecule is C=C(CC(CO)CO)C(=O)OCCCC(F)(F)C(F)(F)C(F)(F)C(F)(F)CCCCC. The second-order valence-corrected chi connectivity index (χ2v) is 7.29. The summed E-state index contributed by atoms with van der Waals surface area (Å²) < 4.78 is 114. The van der Waals surface area contributed by atoms with Crippen LogP contribution in [-0.2, 0) is 9.53 Å². The van der Waals surface area contributed by atoms with Gasteiger partial charge in [-0.25, -0.2) is 4.79 Å². The van der Waals surface area contributed by atoms with Crippen LogP contribution >= 0.6 is 0 Å². The molecule has 0 saturated carbocycles. The number of rotatable bonds is 16. The minimum atomic E-state index is -6.33. The molecular weight excluding hydrogens is 444 g/mol. The molecule has 0 saturated heterocycles. The van der Waals surface area contributed by atoms with Crippen LogP contribution in [0.25, 0.3) is 0 Å². The maximum atomic E-state index is 13.8. The molecular formula is C19H28F8O4. The molecule has 0 aliphatic heterocycles. The van der Waals surface area contributed by atoms with Crippen LogP contribution in [0.3, 0.4) is 0 Å². The Morgan fingerprint density at radius 3 is 1.74 bits per heavy atom. The van der Waals surface area contributed by atoms with Gasteiger partial charge in [-0.15, -0.1) is 0 Å². The summed E-state index contributed by atoms with van der Waals surface area (Å²) in [5.41, 5.74) is -0.247. The van der Waals surface area contributed by atoms with Crippen molar-refractivity contribution in [2.75, 3.05) is 19.8 Å². The largest absolute Gasteiger partial charge is 0.462 e. The van der Waals surface area contributed by atoms with E-state index in [4.69, 9.17) is 10.2 Å². The zero-order valence-electron chi connectivity index (χ0n) is 17.1. The molecule has 0 radical (unpaired) electrons. The number of esters is 1. The standard InChI is InChI=1S/C19H28F8O4/c1-3-4-5-7-16(20,21)18(24,25)19(26,27)17(22,23)8-6-9-31-15(30)13(2)10-14(11-28)12-29/h14,28-29H,2-12H2,1H3. The van der Waals surface area contributed by atoms with Crippen LogP contribution in [0.2, 0.25) is 0 Å². The van der Waals surface area contributed by atoms with Crippen molar-refractivity contribution in [1.29, 1.82) is 0 Å². The van der Waals surface area contributed by atoms with E-state index in [1.807, 2.05) is 0 Å². The van der Waals surface area contributed by atoms with Gasteiger partial charge in [0.05, 0.1) is 6.61 Å². The molecule has 0 unspecified atom stereocenters. The molecule has 12 heteroatoms. The zero-order valence-corrected chi connectivity index (χ0v) is 17.1. The van der Waals surface area contributed by atoms with Crippen LogP contribution in [0, 0.1) is 5.92 Å². The van der Waals surface area contributed by atoms with Crippen molar-refractivity contribution in [3.63, 3.8) is 0 Å². The van der Waals surface area contributed by atoms with Crippen molar-refractivity contribution in [3.8, 4) is 0 Å². The smallest absolute Gasteiger partial charge is 0.378 e. The normalized spacial score (nSPS) is 13.5. The molecule has 0 aromatic rings. The summed E-state index contributed by atoms with van der Waals surface area (Å²) in [7, 11) is 0. The summed E-state index contributed by atoms with van der Waals surface area (Å²) in [4.78, 5) is 11.6. The molecule has 0 aliphatic rings. The maximum Gasteiger partial charge on any atom is 0.378 e. The van der Waals surface area contributed by atoms with Gasteiger partial charge >= 0.3 is 29.7 Å². The van der Waals surface area contributed by atoms with Crippen LogP contribution in [0.15, 0.2) is 12.2 Å². The van der Waals surface area contributed by atoms with Gasteiger partial charge in [0.15, 0.2) is 0 Å². The molecule has 2 N–H and O–H groups in total. The number of alkyl halides is 8. The lowest BCUT2D eigenvalue weighted by Gasteiger charge is -2.37. The fourth-order valence-electron chi connectivity index (χ4n) is 2.55. The second-order valence-electron chi connectivity index (χ2n) is 7.29. The number of aliphatic hydroxyl groups is 2. The van der Waals surface area contributed by atoms with Gasteiger partial charge in [0.1, 0.15) is 0 Å². The van der Waals surface area contributed by atoms with Gasteiger partial charge in [-0.2, -0.15) is 35.1 Å². The highest BCUT2D eigenvalue weighted by atomic mass is 19.4. The molecule has 0 aromatic carbocycles. The Hall–Kier alpha value is -1.43. The van der Waals surface area contributed by atoms with Crippen LogP contribution < -0.4 is 0 Å². The summed E-state index contributed by atoms with van der Waals surface area (Å²) >= 11 is 0. The first-order chi connectivity index (χ1) is 14.1. The third-order valence-corrected chi connectivity index (χ3v) is 4.62. The summed E-state index contributed by atoms with van der Waals surface area (Å²) in [6.07, 6.45) is -4.96. The summed E-state index contributed by atoms with van der Waals surface area (Å²) in [6, 6.07) is 0. The molecule has 0 aromatic heterocycles. The van der Waals surface area contributed by atoms with Crippen LogP contribution in [0.4, 0.5) is 35.1 Å². The lowest BCUT2D eigenvalue weighted by atomic mass is 9.93. The van der Waals surface area contributed by atoms with E-state index in [9.17, 15) is 39.9 Å².